The first-order valence-corrected chi connectivity index (χ1v) is 8.32. The Balaban J connectivity index is 1.73. The molecule has 0 unspecified atom stereocenters. The van der Waals surface area contributed by atoms with Crippen molar-refractivity contribution < 1.29 is 9.53 Å². The summed E-state index contributed by atoms with van der Waals surface area (Å²) in [4.78, 5) is 11.4. The van der Waals surface area contributed by atoms with Crippen LogP contribution < -0.4 is 4.74 Å². The molecule has 116 valence electrons. The minimum Gasteiger partial charge on any atom is -0.479 e. The molecule has 0 fully saturated rings. The van der Waals surface area contributed by atoms with Crippen molar-refractivity contribution in [2.24, 2.45) is 0 Å². The zero-order valence-electron chi connectivity index (χ0n) is 13.2. The topological polar surface area (TPSA) is 26.3 Å². The fourth-order valence-corrected chi connectivity index (χ4v) is 3.34. The minimum atomic E-state index is 0.506. The summed E-state index contributed by atoms with van der Waals surface area (Å²) in [6.07, 6.45) is 0.844. The van der Waals surface area contributed by atoms with E-state index in [1.165, 1.54) is 33.6 Å². The molecular formula is C20H18O2S. The third-order valence-corrected chi connectivity index (χ3v) is 4.75. The number of ether oxygens (including phenoxy) is 1. The SMILES string of the molecule is Cc1cccc(C)c1-c1ccc(COc2ccc(C=O)s2)cc1. The van der Waals surface area contributed by atoms with Gasteiger partial charge in [-0.3, -0.25) is 4.79 Å². The van der Waals surface area contributed by atoms with Gasteiger partial charge in [0.25, 0.3) is 0 Å². The van der Waals surface area contributed by atoms with Crippen LogP contribution in [0.15, 0.2) is 54.6 Å². The lowest BCUT2D eigenvalue weighted by Gasteiger charge is -2.11. The zero-order valence-corrected chi connectivity index (χ0v) is 14.0. The second-order valence-electron chi connectivity index (χ2n) is 5.53. The summed E-state index contributed by atoms with van der Waals surface area (Å²) in [5, 5.41) is 0.769. The molecule has 23 heavy (non-hydrogen) atoms. The molecule has 0 N–H and O–H groups in total. The van der Waals surface area contributed by atoms with Crippen LogP contribution in [0.5, 0.6) is 5.06 Å². The van der Waals surface area contributed by atoms with Crippen LogP contribution in [-0.4, -0.2) is 6.29 Å². The lowest BCUT2D eigenvalue weighted by molar-refractivity contribution is 0.112. The Morgan fingerprint density at radius 1 is 0.957 bits per heavy atom. The predicted molar refractivity (Wildman–Crippen MR) is 95.4 cm³/mol. The Hall–Kier alpha value is -2.39. The van der Waals surface area contributed by atoms with E-state index in [1.54, 1.807) is 6.07 Å². The molecule has 2 nitrogen and oxygen atoms in total. The molecule has 3 heteroatoms. The van der Waals surface area contributed by atoms with Gasteiger partial charge in [0.15, 0.2) is 11.3 Å². The summed E-state index contributed by atoms with van der Waals surface area (Å²) in [6.45, 7) is 4.79. The van der Waals surface area contributed by atoms with Crippen LogP contribution >= 0.6 is 11.3 Å². The monoisotopic (exact) mass is 322 g/mol. The van der Waals surface area contributed by atoms with Crippen molar-refractivity contribution in [3.8, 4) is 16.2 Å². The number of carbonyl (C=O) groups is 1. The molecule has 0 aliphatic heterocycles. The Bertz CT molecular complexity index is 796. The predicted octanol–water partition coefficient (Wildman–Crippen LogP) is 5.42. The molecule has 0 atom stereocenters. The molecule has 3 rings (SSSR count). The molecule has 0 saturated carbocycles. The first-order chi connectivity index (χ1) is 11.2. The molecule has 0 aliphatic carbocycles. The van der Waals surface area contributed by atoms with E-state index in [1.807, 2.05) is 6.07 Å². The van der Waals surface area contributed by atoms with Crippen molar-refractivity contribution in [3.05, 3.63) is 76.2 Å². The van der Waals surface area contributed by atoms with Gasteiger partial charge in [-0.2, -0.15) is 0 Å². The molecule has 0 spiro atoms. The second kappa shape index (κ2) is 6.80. The highest BCUT2D eigenvalue weighted by Crippen LogP contribution is 2.28. The quantitative estimate of drug-likeness (QED) is 0.586. The van der Waals surface area contributed by atoms with Gasteiger partial charge in [-0.15, -0.1) is 0 Å². The average molecular weight is 322 g/mol. The second-order valence-corrected chi connectivity index (χ2v) is 6.60. The molecule has 1 aromatic heterocycles. The first kappa shape index (κ1) is 15.5. The van der Waals surface area contributed by atoms with Gasteiger partial charge in [-0.1, -0.05) is 53.8 Å². The highest BCUT2D eigenvalue weighted by molar-refractivity contribution is 7.15. The fourth-order valence-electron chi connectivity index (χ4n) is 2.67. The summed E-state index contributed by atoms with van der Waals surface area (Å²) in [6, 6.07) is 18.4. The van der Waals surface area contributed by atoms with Crippen molar-refractivity contribution >= 4 is 17.6 Å². The lowest BCUT2D eigenvalue weighted by Crippen LogP contribution is -1.94. The van der Waals surface area contributed by atoms with Crippen LogP contribution in [0, 0.1) is 13.8 Å². The van der Waals surface area contributed by atoms with E-state index < -0.39 is 0 Å². The third-order valence-electron chi connectivity index (χ3n) is 3.82. The van der Waals surface area contributed by atoms with Gasteiger partial charge in [0.05, 0.1) is 4.88 Å². The maximum Gasteiger partial charge on any atom is 0.174 e. The summed E-state index contributed by atoms with van der Waals surface area (Å²) >= 11 is 1.37. The summed E-state index contributed by atoms with van der Waals surface area (Å²) in [5.74, 6) is 0. The molecule has 0 bridgehead atoms. The lowest BCUT2D eigenvalue weighted by atomic mass is 9.95. The zero-order chi connectivity index (χ0) is 16.2. The van der Waals surface area contributed by atoms with Gasteiger partial charge in [-0.25, -0.2) is 0 Å². The van der Waals surface area contributed by atoms with Gasteiger partial charge in [-0.05, 0) is 53.8 Å². The van der Waals surface area contributed by atoms with E-state index in [-0.39, 0.29) is 0 Å². The summed E-state index contributed by atoms with van der Waals surface area (Å²) in [5.41, 5.74) is 6.21. The van der Waals surface area contributed by atoms with Crippen LogP contribution in [0.2, 0.25) is 0 Å². The molecule has 3 aromatic rings. The van der Waals surface area contributed by atoms with Gasteiger partial charge < -0.3 is 4.74 Å². The summed E-state index contributed by atoms with van der Waals surface area (Å²) in [7, 11) is 0. The normalized spacial score (nSPS) is 10.5. The number of thiophene rings is 1. The van der Waals surface area contributed by atoms with Gasteiger partial charge in [0.1, 0.15) is 6.61 Å². The van der Waals surface area contributed by atoms with Crippen LogP contribution in [0.25, 0.3) is 11.1 Å². The Labute approximate surface area is 140 Å². The van der Waals surface area contributed by atoms with Crippen LogP contribution in [0.4, 0.5) is 0 Å². The number of benzene rings is 2. The molecule has 2 aromatic carbocycles. The van der Waals surface area contributed by atoms with Crippen LogP contribution in [0.1, 0.15) is 26.4 Å². The van der Waals surface area contributed by atoms with Crippen molar-refractivity contribution in [2.45, 2.75) is 20.5 Å². The highest BCUT2D eigenvalue weighted by atomic mass is 32.1. The number of aldehydes is 1. The summed E-state index contributed by atoms with van der Waals surface area (Å²) < 4.78 is 5.73. The fraction of sp³-hybridized carbons (Fsp3) is 0.150. The molecule has 1 heterocycles. The number of rotatable bonds is 5. The van der Waals surface area contributed by atoms with Crippen molar-refractivity contribution in [3.63, 3.8) is 0 Å². The number of hydrogen-bond donors (Lipinski definition) is 0. The van der Waals surface area contributed by atoms with Crippen molar-refractivity contribution in [2.75, 3.05) is 0 Å². The maximum atomic E-state index is 10.7. The number of hydrogen-bond acceptors (Lipinski definition) is 3. The Kier molecular flexibility index (Phi) is 4.58. The number of carbonyl (C=O) groups excluding carboxylic acids is 1. The Morgan fingerprint density at radius 3 is 2.26 bits per heavy atom. The largest absolute Gasteiger partial charge is 0.479 e. The van der Waals surface area contributed by atoms with Crippen LogP contribution in [-0.2, 0) is 6.61 Å². The van der Waals surface area contributed by atoms with E-state index in [0.29, 0.717) is 11.5 Å². The van der Waals surface area contributed by atoms with E-state index in [2.05, 4.69) is 56.3 Å². The average Bonchev–Trinajstić information content (AvgIpc) is 3.02. The smallest absolute Gasteiger partial charge is 0.174 e. The van der Waals surface area contributed by atoms with E-state index >= 15 is 0 Å². The number of aryl methyl sites for hydroxylation is 2. The van der Waals surface area contributed by atoms with E-state index in [0.717, 1.165) is 16.9 Å². The molecule has 0 saturated heterocycles. The standard InChI is InChI=1S/C20H18O2S/c1-14-4-3-5-15(2)20(14)17-8-6-16(7-9-17)13-22-19-11-10-18(12-21)23-19/h3-12H,13H2,1-2H3. The van der Waals surface area contributed by atoms with E-state index in [9.17, 15) is 4.79 Å². The van der Waals surface area contributed by atoms with Crippen LogP contribution in [0.3, 0.4) is 0 Å². The van der Waals surface area contributed by atoms with Gasteiger partial charge in [0.2, 0.25) is 0 Å². The first-order valence-electron chi connectivity index (χ1n) is 7.51. The highest BCUT2D eigenvalue weighted by Gasteiger charge is 2.06. The maximum absolute atomic E-state index is 10.7. The molecule has 0 amide bonds. The third kappa shape index (κ3) is 3.51. The molecular weight excluding hydrogens is 304 g/mol. The van der Waals surface area contributed by atoms with Crippen molar-refractivity contribution in [1.82, 2.24) is 0 Å². The molecule has 0 aliphatic rings. The van der Waals surface area contributed by atoms with E-state index in [4.69, 9.17) is 4.74 Å². The van der Waals surface area contributed by atoms with Gasteiger partial charge >= 0.3 is 0 Å². The minimum absolute atomic E-state index is 0.506. The van der Waals surface area contributed by atoms with Crippen molar-refractivity contribution in [1.29, 1.82) is 0 Å². The Morgan fingerprint density at radius 2 is 1.65 bits per heavy atom. The van der Waals surface area contributed by atoms with Gasteiger partial charge in [0, 0.05) is 0 Å². The molecule has 0 radical (unpaired) electrons.